The quantitative estimate of drug-likeness (QED) is 0.176. The third-order valence-corrected chi connectivity index (χ3v) is 9.39. The van der Waals surface area contributed by atoms with Crippen molar-refractivity contribution >= 4 is 46.1 Å². The summed E-state index contributed by atoms with van der Waals surface area (Å²) >= 11 is 13.1. The molecular formula is C35H41Cl2N3O3. The zero-order valence-corrected chi connectivity index (χ0v) is 26.7. The smallest absolute Gasteiger partial charge is 0.170 e. The van der Waals surface area contributed by atoms with Crippen LogP contribution >= 0.6 is 23.2 Å². The Morgan fingerprint density at radius 1 is 0.860 bits per heavy atom. The summed E-state index contributed by atoms with van der Waals surface area (Å²) in [6.45, 7) is 9.56. The van der Waals surface area contributed by atoms with E-state index in [2.05, 4.69) is 36.7 Å². The molecule has 8 heteroatoms. The van der Waals surface area contributed by atoms with Crippen molar-refractivity contribution in [2.45, 2.75) is 52.9 Å². The third-order valence-electron chi connectivity index (χ3n) is 8.76. The molecule has 0 saturated carbocycles. The molecule has 43 heavy (non-hydrogen) atoms. The molecule has 228 valence electrons. The van der Waals surface area contributed by atoms with Crippen LogP contribution < -0.4 is 20.7 Å². The van der Waals surface area contributed by atoms with Gasteiger partial charge in [0.15, 0.2) is 11.6 Å². The Bertz CT molecular complexity index is 1460. The third kappa shape index (κ3) is 6.93. The first-order valence-electron chi connectivity index (χ1n) is 15.3. The van der Waals surface area contributed by atoms with E-state index in [-0.39, 0.29) is 22.4 Å². The Hall–Kier alpha value is -2.90. The SMILES string of the molecule is CCCC1(C(=O)c2ccc(Cl)c(Oc3ccc(Nc4ccc(C(=O)C5(CC(C)C)CCNC5)cc4Cl)cc3)c2)CCNC1. The lowest BCUT2D eigenvalue weighted by Crippen LogP contribution is -2.35. The second-order valence-electron chi connectivity index (χ2n) is 12.5. The molecule has 0 radical (unpaired) electrons. The molecular weight excluding hydrogens is 581 g/mol. The topological polar surface area (TPSA) is 79.5 Å². The Morgan fingerprint density at radius 2 is 1.49 bits per heavy atom. The first-order chi connectivity index (χ1) is 20.6. The van der Waals surface area contributed by atoms with E-state index in [1.807, 2.05) is 36.4 Å². The lowest BCUT2D eigenvalue weighted by atomic mass is 9.74. The summed E-state index contributed by atoms with van der Waals surface area (Å²) < 4.78 is 6.12. The van der Waals surface area contributed by atoms with Crippen LogP contribution in [0.2, 0.25) is 10.0 Å². The molecule has 0 bridgehead atoms. The second-order valence-corrected chi connectivity index (χ2v) is 13.3. The van der Waals surface area contributed by atoms with Crippen LogP contribution in [0.3, 0.4) is 0 Å². The first kappa shape index (κ1) is 31.5. The monoisotopic (exact) mass is 621 g/mol. The number of anilines is 2. The predicted molar refractivity (Wildman–Crippen MR) is 176 cm³/mol. The summed E-state index contributed by atoms with van der Waals surface area (Å²) in [5, 5.41) is 11.0. The zero-order chi connectivity index (χ0) is 30.6. The number of nitrogens with one attached hydrogen (secondary N) is 3. The van der Waals surface area contributed by atoms with Gasteiger partial charge >= 0.3 is 0 Å². The van der Waals surface area contributed by atoms with Gasteiger partial charge in [0.1, 0.15) is 11.5 Å². The number of rotatable bonds is 12. The van der Waals surface area contributed by atoms with E-state index in [0.717, 1.165) is 50.9 Å². The number of ether oxygens (including phenoxy) is 1. The number of hydrogen-bond acceptors (Lipinski definition) is 6. The highest BCUT2D eigenvalue weighted by molar-refractivity contribution is 6.34. The molecule has 6 nitrogen and oxygen atoms in total. The van der Waals surface area contributed by atoms with Gasteiger partial charge in [-0.15, -0.1) is 0 Å². The summed E-state index contributed by atoms with van der Waals surface area (Å²) in [6.07, 6.45) is 4.35. The molecule has 2 saturated heterocycles. The number of carbonyl (C=O) groups excluding carboxylic acids is 2. The van der Waals surface area contributed by atoms with E-state index in [9.17, 15) is 9.59 Å². The van der Waals surface area contributed by atoms with Crippen LogP contribution in [-0.4, -0.2) is 37.7 Å². The van der Waals surface area contributed by atoms with Crippen molar-refractivity contribution in [1.82, 2.24) is 10.6 Å². The average Bonchev–Trinajstić information content (AvgIpc) is 3.66. The number of ketones is 2. The van der Waals surface area contributed by atoms with Crippen molar-refractivity contribution < 1.29 is 14.3 Å². The van der Waals surface area contributed by atoms with Gasteiger partial charge in [-0.05, 0) is 105 Å². The van der Waals surface area contributed by atoms with Crippen molar-refractivity contribution in [2.24, 2.45) is 16.7 Å². The Labute approximate surface area is 264 Å². The van der Waals surface area contributed by atoms with Crippen LogP contribution in [0.5, 0.6) is 11.5 Å². The van der Waals surface area contributed by atoms with E-state index < -0.39 is 0 Å². The molecule has 2 heterocycles. The maximum absolute atomic E-state index is 13.5. The maximum Gasteiger partial charge on any atom is 0.170 e. The van der Waals surface area contributed by atoms with Gasteiger partial charge in [0.25, 0.3) is 0 Å². The van der Waals surface area contributed by atoms with E-state index in [0.29, 0.717) is 57.4 Å². The van der Waals surface area contributed by atoms with Crippen LogP contribution in [0.1, 0.15) is 73.6 Å². The fourth-order valence-corrected chi connectivity index (χ4v) is 7.09. The molecule has 0 aromatic heterocycles. The minimum absolute atomic E-state index is 0.139. The fraction of sp³-hybridized carbons (Fsp3) is 0.429. The van der Waals surface area contributed by atoms with Gasteiger partial charge in [0.2, 0.25) is 0 Å². The Morgan fingerprint density at radius 3 is 2.09 bits per heavy atom. The lowest BCUT2D eigenvalue weighted by molar-refractivity contribution is 0.0780. The van der Waals surface area contributed by atoms with Crippen molar-refractivity contribution in [2.75, 3.05) is 31.5 Å². The molecule has 0 spiro atoms. The fourth-order valence-electron chi connectivity index (χ4n) is 6.71. The number of Topliss-reactive ketones (excluding diaryl/α,β-unsaturated/α-hetero) is 2. The zero-order valence-electron chi connectivity index (χ0n) is 25.2. The summed E-state index contributed by atoms with van der Waals surface area (Å²) in [6, 6.07) is 18.2. The average molecular weight is 623 g/mol. The molecule has 3 aromatic rings. The summed E-state index contributed by atoms with van der Waals surface area (Å²) in [5.74, 6) is 1.77. The van der Waals surface area contributed by atoms with Gasteiger partial charge in [-0.25, -0.2) is 0 Å². The molecule has 5 rings (SSSR count). The van der Waals surface area contributed by atoms with Gasteiger partial charge < -0.3 is 20.7 Å². The van der Waals surface area contributed by atoms with E-state index in [1.165, 1.54) is 0 Å². The number of benzene rings is 3. The van der Waals surface area contributed by atoms with Gasteiger partial charge in [-0.2, -0.15) is 0 Å². The molecule has 3 aromatic carbocycles. The van der Waals surface area contributed by atoms with Crippen molar-refractivity contribution in [3.05, 3.63) is 81.8 Å². The largest absolute Gasteiger partial charge is 0.456 e. The van der Waals surface area contributed by atoms with Crippen molar-refractivity contribution in [1.29, 1.82) is 0 Å². The van der Waals surface area contributed by atoms with Gasteiger partial charge in [0.05, 0.1) is 15.7 Å². The normalized spacial score (nSPS) is 21.7. The van der Waals surface area contributed by atoms with Crippen LogP contribution in [0.25, 0.3) is 0 Å². The standard InChI is InChI=1S/C35H41Cl2N3O3/c1-4-13-34(14-16-38-21-34)32(41)25-5-11-28(36)31(19-25)43-27-9-7-26(8-10-27)40-30-12-6-24(18-29(30)37)33(42)35(20-23(2)3)15-17-39-22-35/h5-12,18-19,23,38-40H,4,13-17,20-22H2,1-3H3. The molecule has 3 N–H and O–H groups in total. The summed E-state index contributed by atoms with van der Waals surface area (Å²) in [7, 11) is 0. The molecule has 2 fully saturated rings. The number of halogens is 2. The van der Waals surface area contributed by atoms with Crippen LogP contribution in [0.4, 0.5) is 11.4 Å². The molecule has 0 aliphatic carbocycles. The first-order valence-corrected chi connectivity index (χ1v) is 16.1. The molecule has 0 amide bonds. The summed E-state index contributed by atoms with van der Waals surface area (Å²) in [4.78, 5) is 27.1. The summed E-state index contributed by atoms with van der Waals surface area (Å²) in [5.41, 5.74) is 2.05. The highest BCUT2D eigenvalue weighted by atomic mass is 35.5. The van der Waals surface area contributed by atoms with Crippen molar-refractivity contribution in [3.8, 4) is 11.5 Å². The second kappa shape index (κ2) is 13.4. The van der Waals surface area contributed by atoms with Crippen LogP contribution in [-0.2, 0) is 0 Å². The van der Waals surface area contributed by atoms with Crippen LogP contribution in [0, 0.1) is 16.7 Å². The maximum atomic E-state index is 13.5. The Kier molecular flexibility index (Phi) is 9.82. The van der Waals surface area contributed by atoms with Gasteiger partial charge in [0, 0.05) is 40.7 Å². The predicted octanol–water partition coefficient (Wildman–Crippen LogP) is 8.70. The number of hydrogen-bond donors (Lipinski definition) is 3. The van der Waals surface area contributed by atoms with E-state index in [1.54, 1.807) is 24.3 Å². The molecule has 2 aliphatic rings. The van der Waals surface area contributed by atoms with E-state index >= 15 is 0 Å². The number of carbonyl (C=O) groups is 2. The Balaban J connectivity index is 1.27. The highest BCUT2D eigenvalue weighted by Gasteiger charge is 2.42. The molecule has 2 aliphatic heterocycles. The van der Waals surface area contributed by atoms with E-state index in [4.69, 9.17) is 27.9 Å². The van der Waals surface area contributed by atoms with Gasteiger partial charge in [-0.1, -0.05) is 50.4 Å². The van der Waals surface area contributed by atoms with Gasteiger partial charge in [-0.3, -0.25) is 9.59 Å². The van der Waals surface area contributed by atoms with Crippen LogP contribution in [0.15, 0.2) is 60.7 Å². The van der Waals surface area contributed by atoms with Crippen molar-refractivity contribution in [3.63, 3.8) is 0 Å². The minimum Gasteiger partial charge on any atom is -0.456 e. The molecule has 2 unspecified atom stereocenters. The lowest BCUT2D eigenvalue weighted by Gasteiger charge is -2.29. The minimum atomic E-state index is -0.372. The highest BCUT2D eigenvalue weighted by Crippen LogP contribution is 2.40. The molecule has 2 atom stereocenters.